The first-order valence-corrected chi connectivity index (χ1v) is 18.1. The molecule has 0 radical (unpaired) electrons. The van der Waals surface area contributed by atoms with Crippen LogP contribution in [0, 0.1) is 128 Å². The molecule has 1 heterocycles. The van der Waals surface area contributed by atoms with Crippen molar-refractivity contribution in [3.05, 3.63) is 212 Å². The van der Waals surface area contributed by atoms with Crippen LogP contribution in [0.15, 0.2) is 73.2 Å². The molecule has 1 aromatic heterocycles. The minimum absolute atomic E-state index is 0.684. The molecule has 0 unspecified atom stereocenters. The fraction of sp³-hybridized carbons (Fsp3) is 0.0465. The lowest BCUT2D eigenvalue weighted by Gasteiger charge is -2.44. The third kappa shape index (κ3) is 8.26. The smallest absolute Gasteiger partial charge is 0.200 e. The number of nitriles is 1. The van der Waals surface area contributed by atoms with E-state index < -0.39 is 144 Å². The molecule has 0 spiro atoms. The maximum absolute atomic E-state index is 15.4. The number of aromatic nitrogens is 2. The Kier molecular flexibility index (Phi) is 13.8. The van der Waals surface area contributed by atoms with Crippen molar-refractivity contribution in [2.24, 2.45) is 0 Å². The molecule has 0 N–H and O–H groups in total. The number of rotatable bonds is 8. The third-order valence-electron chi connectivity index (χ3n) is 10.2. The van der Waals surface area contributed by atoms with Gasteiger partial charge < -0.3 is 0 Å². The Balaban J connectivity index is 0.000000279. The number of benzene rings is 6. The predicted octanol–water partition coefficient (Wildman–Crippen LogP) is 8.73. The van der Waals surface area contributed by atoms with Crippen molar-refractivity contribution in [2.45, 2.75) is 13.0 Å². The molecule has 0 aliphatic carbocycles. The summed E-state index contributed by atoms with van der Waals surface area (Å²) in [6.07, 6.45) is -0.561. The highest BCUT2D eigenvalue weighted by atomic mass is 19.2. The summed E-state index contributed by atoms with van der Waals surface area (Å²) < 4.78 is 296. The van der Waals surface area contributed by atoms with Crippen LogP contribution in [0.2, 0.25) is 0 Å². The molecule has 7 aromatic rings. The Bertz CT molecular complexity index is 2760. The molecular formula is C43H16BF20N3. The average molecular weight is 965 g/mol. The van der Waals surface area contributed by atoms with Gasteiger partial charge in [-0.15, -0.1) is 21.9 Å². The standard InChI is InChI=1S/C24BF20.C19H16N3/c26-5-1(6(27)14(35)21(42)13(5)34)25(2-7(28)15(36)22(43)16(37)8(2)29,3-9(30)17(38)23(44)18(39)10(3)31)4-11(32)19(40)24(45)20(41)12(4)33;20-13-17-8-6-16(7-9-17)12-19-15-22(11-10-21-19)14-18-4-2-1-3-5-18/h;1-11,15H,12,14H2/q-1;+1. The first-order chi connectivity index (χ1) is 31.5. The van der Waals surface area contributed by atoms with Crippen LogP contribution in [0.1, 0.15) is 22.4 Å². The molecule has 0 bridgehead atoms. The lowest BCUT2D eigenvalue weighted by Crippen LogP contribution is -2.81. The van der Waals surface area contributed by atoms with Gasteiger partial charge in [0.15, 0.2) is 88.7 Å². The van der Waals surface area contributed by atoms with Gasteiger partial charge in [-0.05, 0) is 17.7 Å². The summed E-state index contributed by atoms with van der Waals surface area (Å²) in [6.45, 7) is 0.837. The Morgan fingerprint density at radius 3 is 1.03 bits per heavy atom. The summed E-state index contributed by atoms with van der Waals surface area (Å²) >= 11 is 0. The minimum atomic E-state index is -7.22. The second-order valence-electron chi connectivity index (χ2n) is 14.0. The number of halogens is 20. The monoisotopic (exact) mass is 965 g/mol. The van der Waals surface area contributed by atoms with Gasteiger partial charge in [-0.3, -0.25) is 0 Å². The van der Waals surface area contributed by atoms with E-state index in [0.29, 0.717) is 5.56 Å². The molecule has 0 saturated heterocycles. The average Bonchev–Trinajstić information content (AvgIpc) is 3.32. The van der Waals surface area contributed by atoms with Crippen LogP contribution in [-0.4, -0.2) is 11.1 Å². The molecule has 0 aliphatic rings. The number of hydrogen-bond acceptors (Lipinski definition) is 2. The maximum atomic E-state index is 15.4. The highest BCUT2D eigenvalue weighted by Gasteiger charge is 2.52. The van der Waals surface area contributed by atoms with Crippen LogP contribution < -0.4 is 26.4 Å². The Hall–Kier alpha value is -7.45. The zero-order valence-corrected chi connectivity index (χ0v) is 32.3. The molecule has 0 atom stereocenters. The van der Waals surface area contributed by atoms with Gasteiger partial charge in [0, 0.05) is 12.0 Å². The fourth-order valence-corrected chi connectivity index (χ4v) is 7.25. The summed E-state index contributed by atoms with van der Waals surface area (Å²) in [5.74, 6) is -71.4. The molecule has 3 nitrogen and oxygen atoms in total. The van der Waals surface area contributed by atoms with E-state index >= 15 is 35.1 Å². The second kappa shape index (κ2) is 18.8. The first-order valence-electron chi connectivity index (χ1n) is 18.1. The van der Waals surface area contributed by atoms with Gasteiger partial charge in [0.05, 0.1) is 17.8 Å². The van der Waals surface area contributed by atoms with E-state index in [2.05, 4.69) is 46.1 Å². The van der Waals surface area contributed by atoms with Crippen molar-refractivity contribution in [3.8, 4) is 6.07 Å². The lowest BCUT2D eigenvalue weighted by atomic mass is 9.12. The molecular weight excluding hydrogens is 949 g/mol. The van der Waals surface area contributed by atoms with Crippen LogP contribution in [-0.2, 0) is 13.0 Å². The summed E-state index contributed by atoms with van der Waals surface area (Å²) in [7, 11) is 0. The van der Waals surface area contributed by atoms with Crippen molar-refractivity contribution in [3.63, 3.8) is 0 Å². The molecule has 6 aromatic carbocycles. The second-order valence-corrected chi connectivity index (χ2v) is 14.0. The largest absolute Gasteiger partial charge is 0.248 e. The normalized spacial score (nSPS) is 11.4. The van der Waals surface area contributed by atoms with E-state index in [-0.39, 0.29) is 0 Å². The van der Waals surface area contributed by atoms with E-state index in [1.165, 1.54) is 5.56 Å². The molecule has 24 heteroatoms. The van der Waals surface area contributed by atoms with Crippen LogP contribution in [0.3, 0.4) is 0 Å². The van der Waals surface area contributed by atoms with Crippen molar-refractivity contribution in [1.29, 1.82) is 5.26 Å². The van der Waals surface area contributed by atoms with Gasteiger partial charge in [0.1, 0.15) is 58.4 Å². The van der Waals surface area contributed by atoms with Crippen LogP contribution in [0.5, 0.6) is 0 Å². The van der Waals surface area contributed by atoms with Crippen molar-refractivity contribution >= 4 is 28.0 Å². The van der Waals surface area contributed by atoms with Crippen molar-refractivity contribution in [1.82, 2.24) is 4.98 Å². The molecule has 0 amide bonds. The van der Waals surface area contributed by atoms with Crippen molar-refractivity contribution < 1.29 is 92.4 Å². The van der Waals surface area contributed by atoms with Gasteiger partial charge in [-0.2, -0.15) is 9.83 Å². The maximum Gasteiger partial charge on any atom is 0.200 e. The van der Waals surface area contributed by atoms with Crippen LogP contribution >= 0.6 is 0 Å². The van der Waals surface area contributed by atoms with Gasteiger partial charge in [0.2, 0.25) is 0 Å². The van der Waals surface area contributed by atoms with E-state index in [0.717, 1.165) is 24.2 Å². The first kappa shape index (κ1) is 49.0. The van der Waals surface area contributed by atoms with Gasteiger partial charge in [-0.1, -0.05) is 42.5 Å². The summed E-state index contributed by atoms with van der Waals surface area (Å²) in [4.78, 5) is 4.43. The molecule has 346 valence electrons. The van der Waals surface area contributed by atoms with E-state index in [9.17, 15) is 52.7 Å². The topological polar surface area (TPSA) is 40.6 Å². The molecule has 7 rings (SSSR count). The third-order valence-corrected chi connectivity index (χ3v) is 10.2. The van der Waals surface area contributed by atoms with E-state index in [1.54, 1.807) is 0 Å². The molecule has 0 aliphatic heterocycles. The highest BCUT2D eigenvalue weighted by molar-refractivity contribution is 7.20. The molecule has 67 heavy (non-hydrogen) atoms. The lowest BCUT2D eigenvalue weighted by molar-refractivity contribution is -0.689. The zero-order valence-electron chi connectivity index (χ0n) is 32.3. The molecule has 0 fully saturated rings. The minimum Gasteiger partial charge on any atom is -0.248 e. The summed E-state index contributed by atoms with van der Waals surface area (Å²) in [5.41, 5.74) is -10.2. The predicted molar refractivity (Wildman–Crippen MR) is 193 cm³/mol. The summed E-state index contributed by atoms with van der Waals surface area (Å²) in [6, 6.07) is 20.1. The quantitative estimate of drug-likeness (QED) is 0.0503. The van der Waals surface area contributed by atoms with Gasteiger partial charge >= 0.3 is 0 Å². The van der Waals surface area contributed by atoms with E-state index in [4.69, 9.17) is 5.26 Å². The Labute approximate surface area is 361 Å². The van der Waals surface area contributed by atoms with Crippen LogP contribution in [0.4, 0.5) is 87.8 Å². The number of hydrogen-bond donors (Lipinski definition) is 0. The fourth-order valence-electron chi connectivity index (χ4n) is 7.25. The SMILES string of the molecule is Fc1c(F)c(F)c([B-](c2c(F)c(F)c(F)c(F)c2F)(c2c(F)c(F)c(F)c(F)c2F)c2c(F)c(F)c(F)c(F)c2F)c(F)c1F.N#Cc1ccc(Cc2c[n+](Cc3ccccc3)ccn2)cc1. The number of nitrogens with zero attached hydrogens (tertiary/aromatic N) is 3. The van der Waals surface area contributed by atoms with Gasteiger partial charge in [-0.25, -0.2) is 92.8 Å². The Morgan fingerprint density at radius 2 is 0.716 bits per heavy atom. The molecule has 0 saturated carbocycles. The van der Waals surface area contributed by atoms with Crippen LogP contribution in [0.25, 0.3) is 0 Å². The van der Waals surface area contributed by atoms with Gasteiger partial charge in [0.25, 0.3) is 0 Å². The van der Waals surface area contributed by atoms with E-state index in [1.807, 2.05) is 42.7 Å². The summed E-state index contributed by atoms with van der Waals surface area (Å²) in [5, 5.41) is 8.83. The highest BCUT2D eigenvalue weighted by Crippen LogP contribution is 2.31. The zero-order chi connectivity index (χ0) is 49.6. The van der Waals surface area contributed by atoms with Crippen molar-refractivity contribution in [2.75, 3.05) is 0 Å². The Morgan fingerprint density at radius 1 is 0.403 bits per heavy atom.